The van der Waals surface area contributed by atoms with Crippen molar-refractivity contribution in [2.75, 3.05) is 30.7 Å². The van der Waals surface area contributed by atoms with E-state index in [1.54, 1.807) is 6.08 Å². The Morgan fingerprint density at radius 3 is 1.81 bits per heavy atom. The summed E-state index contributed by atoms with van der Waals surface area (Å²) in [5, 5.41) is 26.7. The van der Waals surface area contributed by atoms with Gasteiger partial charge in [-0.05, 0) is 75.1 Å². The fourth-order valence-electron chi connectivity index (χ4n) is 5.48. The van der Waals surface area contributed by atoms with E-state index in [-0.39, 0.29) is 43.7 Å². The average Bonchev–Trinajstić information content (AvgIpc) is 3.18. The summed E-state index contributed by atoms with van der Waals surface area (Å²) in [4.78, 5) is 33.6. The number of aromatic nitrogens is 2. The molecule has 0 radical (unpaired) electrons. The van der Waals surface area contributed by atoms with Crippen LogP contribution in [0.3, 0.4) is 0 Å². The molecule has 1 heterocycles. The number of sulfonamides is 1. The maximum Gasteiger partial charge on any atom is 0.239 e. The number of amides is 2. The topological polar surface area (TPSA) is 162 Å². The lowest BCUT2D eigenvalue weighted by Crippen LogP contribution is -2.36. The molecule has 0 aliphatic rings. The largest absolute Gasteiger partial charge is 0.392 e. The molecule has 2 aromatic rings. The molecule has 0 fully saturated rings. The van der Waals surface area contributed by atoms with Crippen LogP contribution in [-0.4, -0.2) is 79.0 Å². The van der Waals surface area contributed by atoms with Crippen molar-refractivity contribution in [2.45, 2.75) is 103 Å². The molecule has 0 aliphatic heterocycles. The summed E-state index contributed by atoms with van der Waals surface area (Å²) in [6.45, 7) is 6.31. The lowest BCUT2D eigenvalue weighted by Gasteiger charge is -2.20. The number of benzene rings is 1. The normalized spacial score (nSPS) is 13.7. The second kappa shape index (κ2) is 28.4. The first-order chi connectivity index (χ1) is 28.2. The van der Waals surface area contributed by atoms with Gasteiger partial charge in [0.25, 0.3) is 0 Å². The molecule has 322 valence electrons. The van der Waals surface area contributed by atoms with Crippen molar-refractivity contribution in [3.63, 3.8) is 0 Å². The molecule has 1 aromatic heterocycles. The van der Waals surface area contributed by atoms with Crippen LogP contribution in [0.5, 0.6) is 0 Å². The minimum Gasteiger partial charge on any atom is -0.392 e. The predicted molar refractivity (Wildman–Crippen MR) is 239 cm³/mol. The van der Waals surface area contributed by atoms with Gasteiger partial charge in [-0.3, -0.25) is 9.59 Å². The highest BCUT2D eigenvalue weighted by molar-refractivity contribution is 7.92. The number of anilines is 1. The van der Waals surface area contributed by atoms with E-state index in [4.69, 9.17) is 0 Å². The molecule has 0 saturated carbocycles. The highest BCUT2D eigenvalue weighted by atomic mass is 32.2. The molecule has 2 atom stereocenters. The van der Waals surface area contributed by atoms with Crippen LogP contribution < -0.4 is 14.9 Å². The van der Waals surface area contributed by atoms with Crippen LogP contribution in [0.1, 0.15) is 102 Å². The second-order valence-electron chi connectivity index (χ2n) is 14.2. The van der Waals surface area contributed by atoms with Crippen molar-refractivity contribution >= 4 is 33.9 Å². The van der Waals surface area contributed by atoms with E-state index in [1.165, 1.54) is 37.4 Å². The molecule has 0 saturated heterocycles. The molecule has 2 rings (SSSR count). The third-order valence-corrected chi connectivity index (χ3v) is 9.89. The number of aliphatic hydroxyl groups is 2. The number of hydrogen-bond donors (Lipinski definition) is 4. The van der Waals surface area contributed by atoms with Crippen molar-refractivity contribution in [1.29, 1.82) is 0 Å². The lowest BCUT2D eigenvalue weighted by atomic mass is 9.97. The van der Waals surface area contributed by atoms with Crippen molar-refractivity contribution in [3.05, 3.63) is 120 Å². The van der Waals surface area contributed by atoms with Gasteiger partial charge in [0.15, 0.2) is 0 Å². The van der Waals surface area contributed by atoms with Crippen LogP contribution in [0.15, 0.2) is 103 Å². The van der Waals surface area contributed by atoms with Gasteiger partial charge in [-0.15, -0.1) is 0 Å². The number of rotatable bonds is 27. The van der Waals surface area contributed by atoms with E-state index in [0.29, 0.717) is 35.4 Å². The summed E-state index contributed by atoms with van der Waals surface area (Å²) in [5.41, 5.74) is 1.82. The summed E-state index contributed by atoms with van der Waals surface area (Å²) in [5.74, 6) is -1.26. The van der Waals surface area contributed by atoms with Crippen LogP contribution in [0.2, 0.25) is 0 Å². The van der Waals surface area contributed by atoms with Crippen LogP contribution in [-0.2, 0) is 19.6 Å². The third kappa shape index (κ3) is 21.6. The van der Waals surface area contributed by atoms with Crippen molar-refractivity contribution in [1.82, 2.24) is 20.6 Å². The zero-order valence-electron chi connectivity index (χ0n) is 35.3. The van der Waals surface area contributed by atoms with Gasteiger partial charge in [0.1, 0.15) is 5.82 Å². The summed E-state index contributed by atoms with van der Waals surface area (Å²) >= 11 is 0. The lowest BCUT2D eigenvalue weighted by molar-refractivity contribution is -0.124. The first-order valence-electron chi connectivity index (χ1n) is 20.3. The maximum absolute atomic E-state index is 13.8. The van der Waals surface area contributed by atoms with E-state index in [2.05, 4.69) is 88.3 Å². The molecule has 0 spiro atoms. The molecule has 59 heavy (non-hydrogen) atoms. The second-order valence-corrected chi connectivity index (χ2v) is 16.3. The average molecular weight is 834 g/mol. The Labute approximate surface area is 351 Å². The first-order valence-corrected chi connectivity index (χ1v) is 22.2. The van der Waals surface area contributed by atoms with Gasteiger partial charge in [-0.2, -0.15) is 0 Å². The minimum atomic E-state index is -3.69. The predicted octanol–water partition coefficient (Wildman–Crippen LogP) is 8.03. The van der Waals surface area contributed by atoms with Gasteiger partial charge < -0.3 is 20.8 Å². The Hall–Kier alpha value is -4.98. The fraction of sp³-hybridized carbons (Fsp3) is 0.435. The highest BCUT2D eigenvalue weighted by Gasteiger charge is 2.23. The zero-order valence-corrected chi connectivity index (χ0v) is 36.1. The van der Waals surface area contributed by atoms with Gasteiger partial charge in [0.2, 0.25) is 27.8 Å². The van der Waals surface area contributed by atoms with Crippen LogP contribution in [0.4, 0.5) is 10.3 Å². The summed E-state index contributed by atoms with van der Waals surface area (Å²) < 4.78 is 39.3. The summed E-state index contributed by atoms with van der Waals surface area (Å²) in [6.07, 6.45) is 33.5. The SMILES string of the molecule is CCC=CCC=CCC=CCC=CCC=CCC=CCCC(=O)NCCNC(=O)CC(O)CC(O)C=Cc1c(-c2ccc(F)cc2)nc(N(C)S(C)(=O)=O)nc1C(C)C. The molecule has 0 aliphatic carbocycles. The minimum absolute atomic E-state index is 0.0601. The van der Waals surface area contributed by atoms with Crippen LogP contribution >= 0.6 is 0 Å². The number of aliphatic hydroxyl groups excluding tert-OH is 2. The summed E-state index contributed by atoms with van der Waals surface area (Å²) in [6, 6.07) is 5.56. The van der Waals surface area contributed by atoms with Crippen molar-refractivity contribution in [3.8, 4) is 11.3 Å². The molecule has 11 nitrogen and oxygen atoms in total. The number of allylic oxidation sites excluding steroid dienone is 12. The van der Waals surface area contributed by atoms with E-state index in [9.17, 15) is 32.6 Å². The number of carbonyl (C=O) groups is 2. The van der Waals surface area contributed by atoms with Crippen molar-refractivity contribution in [2.24, 2.45) is 0 Å². The quantitative estimate of drug-likeness (QED) is 0.0520. The maximum atomic E-state index is 13.8. The number of nitrogens with zero attached hydrogens (tertiary/aromatic N) is 3. The Morgan fingerprint density at radius 2 is 1.31 bits per heavy atom. The zero-order chi connectivity index (χ0) is 43.5. The smallest absolute Gasteiger partial charge is 0.239 e. The first kappa shape index (κ1) is 50.2. The monoisotopic (exact) mass is 833 g/mol. The van der Waals surface area contributed by atoms with E-state index in [1.807, 2.05) is 26.0 Å². The Morgan fingerprint density at radius 1 is 0.797 bits per heavy atom. The van der Waals surface area contributed by atoms with Gasteiger partial charge in [0.05, 0.1) is 36.3 Å². The van der Waals surface area contributed by atoms with E-state index < -0.39 is 34.0 Å². The number of nitrogens with one attached hydrogen (secondary N) is 2. The Balaban J connectivity index is 1.72. The number of halogens is 1. The third-order valence-electron chi connectivity index (χ3n) is 8.73. The van der Waals surface area contributed by atoms with Crippen LogP contribution in [0.25, 0.3) is 17.3 Å². The van der Waals surface area contributed by atoms with Gasteiger partial charge >= 0.3 is 0 Å². The molecule has 4 N–H and O–H groups in total. The fourth-order valence-corrected chi connectivity index (χ4v) is 5.85. The summed E-state index contributed by atoms with van der Waals surface area (Å²) in [7, 11) is -2.35. The van der Waals surface area contributed by atoms with E-state index in [0.717, 1.165) is 49.1 Å². The van der Waals surface area contributed by atoms with Gasteiger partial charge in [0, 0.05) is 44.1 Å². The molecular formula is C46H64FN5O6S. The standard InChI is InChI=1S/C46H64FN5O6S/c1-6-7-8-9-10-11-12-13-14-15-16-17-18-19-20-21-22-23-24-25-42(55)48-32-33-49-43(56)35-40(54)34-39(53)30-31-41-44(36(2)3)50-46(52(4)59(5,57)58)51-45(41)37-26-28-38(47)29-27-37/h7-8,10-11,13-14,16-17,19-20,22-23,26-31,36,39-40,53-54H,6,9,12,15,18,21,24-25,32-35H2,1-5H3,(H,48,55)(H,49,56). The Kier molecular flexibility index (Phi) is 24.2. The molecule has 0 bridgehead atoms. The van der Waals surface area contributed by atoms with Gasteiger partial charge in [-0.1, -0.05) is 106 Å². The molecular weight excluding hydrogens is 770 g/mol. The van der Waals surface area contributed by atoms with Gasteiger partial charge in [-0.25, -0.2) is 27.1 Å². The Bertz CT molecular complexity index is 1900. The molecule has 2 amide bonds. The highest BCUT2D eigenvalue weighted by Crippen LogP contribution is 2.32. The molecule has 13 heteroatoms. The van der Waals surface area contributed by atoms with E-state index >= 15 is 0 Å². The molecule has 2 unspecified atom stereocenters. The van der Waals surface area contributed by atoms with Crippen molar-refractivity contribution < 1.29 is 32.6 Å². The number of hydrogen-bond acceptors (Lipinski definition) is 8. The molecule has 1 aromatic carbocycles. The number of carbonyl (C=O) groups excluding carboxylic acids is 2. The van der Waals surface area contributed by atoms with Crippen LogP contribution in [0, 0.1) is 5.82 Å².